The molecule has 0 atom stereocenters. The Bertz CT molecular complexity index is 685. The lowest BCUT2D eigenvalue weighted by molar-refractivity contribution is -0.118. The van der Waals surface area contributed by atoms with Gasteiger partial charge in [-0.1, -0.05) is 6.07 Å². The summed E-state index contributed by atoms with van der Waals surface area (Å²) in [6.07, 6.45) is 13.0. The number of carbonyl (C=O) groups is 1. The van der Waals surface area contributed by atoms with Crippen molar-refractivity contribution in [3.05, 3.63) is 35.4 Å². The van der Waals surface area contributed by atoms with Gasteiger partial charge in [0.05, 0.1) is 6.61 Å². The minimum atomic E-state index is 0.0486. The molecule has 0 radical (unpaired) electrons. The molecule has 0 spiro atoms. The van der Waals surface area contributed by atoms with E-state index in [1.165, 1.54) is 44.1 Å². The van der Waals surface area contributed by atoms with E-state index in [9.17, 15) is 4.79 Å². The number of nitrogens with one attached hydrogen (secondary N) is 1. The molecule has 3 heteroatoms. The average Bonchev–Trinajstić information content (AvgIpc) is 3.05. The number of hydrogen-bond acceptors (Lipinski definition) is 2. The Balaban J connectivity index is 1.20. The molecule has 132 valence electrons. The van der Waals surface area contributed by atoms with Crippen molar-refractivity contribution in [1.29, 1.82) is 0 Å². The van der Waals surface area contributed by atoms with E-state index in [1.54, 1.807) is 6.08 Å². The van der Waals surface area contributed by atoms with E-state index in [-0.39, 0.29) is 5.91 Å². The lowest BCUT2D eigenvalue weighted by atomic mass is 9.49. The molecule has 3 nitrogen and oxygen atoms in total. The van der Waals surface area contributed by atoms with Crippen LogP contribution in [0.15, 0.2) is 24.3 Å². The Labute approximate surface area is 149 Å². The molecule has 0 saturated heterocycles. The van der Waals surface area contributed by atoms with Gasteiger partial charge in [-0.3, -0.25) is 4.79 Å². The number of ether oxygens (including phenoxy) is 1. The van der Waals surface area contributed by atoms with E-state index in [0.717, 1.165) is 48.6 Å². The van der Waals surface area contributed by atoms with Crippen molar-refractivity contribution < 1.29 is 9.53 Å². The molecular weight excluding hydrogens is 310 g/mol. The summed E-state index contributed by atoms with van der Waals surface area (Å²) < 4.78 is 5.53. The fourth-order valence-electron chi connectivity index (χ4n) is 6.32. The van der Waals surface area contributed by atoms with E-state index in [2.05, 4.69) is 11.4 Å². The first-order valence-electron chi connectivity index (χ1n) is 9.89. The van der Waals surface area contributed by atoms with Crippen molar-refractivity contribution in [3.63, 3.8) is 0 Å². The first kappa shape index (κ1) is 15.5. The van der Waals surface area contributed by atoms with Gasteiger partial charge in [-0.25, -0.2) is 0 Å². The molecule has 1 heterocycles. The van der Waals surface area contributed by atoms with Crippen LogP contribution in [-0.4, -0.2) is 19.1 Å². The summed E-state index contributed by atoms with van der Waals surface area (Å²) in [6.45, 7) is 1.64. The number of amides is 1. The van der Waals surface area contributed by atoms with Crippen molar-refractivity contribution in [2.75, 3.05) is 13.2 Å². The van der Waals surface area contributed by atoms with Gasteiger partial charge in [-0.15, -0.1) is 0 Å². The number of rotatable bonds is 4. The van der Waals surface area contributed by atoms with Crippen LogP contribution in [0, 0.1) is 23.2 Å². The molecule has 5 aliphatic rings. The lowest BCUT2D eigenvalue weighted by Gasteiger charge is -2.56. The molecule has 4 saturated carbocycles. The number of fused-ring (bicyclic) bond motifs is 1. The minimum absolute atomic E-state index is 0.0486. The third-order valence-electron chi connectivity index (χ3n) is 6.94. The molecule has 1 amide bonds. The van der Waals surface area contributed by atoms with Crippen LogP contribution in [0.5, 0.6) is 5.75 Å². The second kappa shape index (κ2) is 5.89. The highest BCUT2D eigenvalue weighted by atomic mass is 16.5. The van der Waals surface area contributed by atoms with Gasteiger partial charge in [0.1, 0.15) is 5.75 Å². The van der Waals surface area contributed by atoms with Crippen LogP contribution in [0.4, 0.5) is 0 Å². The van der Waals surface area contributed by atoms with Crippen LogP contribution < -0.4 is 10.1 Å². The highest BCUT2D eigenvalue weighted by Gasteiger charge is 2.50. The smallest absolute Gasteiger partial charge is 0.244 e. The van der Waals surface area contributed by atoms with E-state index in [0.29, 0.717) is 5.41 Å². The van der Waals surface area contributed by atoms with E-state index < -0.39 is 0 Å². The molecule has 1 aliphatic heterocycles. The van der Waals surface area contributed by atoms with Crippen LogP contribution in [0.25, 0.3) is 6.08 Å². The molecule has 25 heavy (non-hydrogen) atoms. The van der Waals surface area contributed by atoms with Crippen LogP contribution in [-0.2, 0) is 11.2 Å². The Morgan fingerprint density at radius 3 is 2.60 bits per heavy atom. The van der Waals surface area contributed by atoms with Crippen molar-refractivity contribution in [2.45, 2.75) is 44.9 Å². The van der Waals surface area contributed by atoms with Crippen LogP contribution in [0.3, 0.4) is 0 Å². The first-order chi connectivity index (χ1) is 12.2. The van der Waals surface area contributed by atoms with E-state index in [1.807, 2.05) is 18.2 Å². The normalized spacial score (nSPS) is 35.0. The molecule has 0 unspecified atom stereocenters. The first-order valence-corrected chi connectivity index (χ1v) is 9.89. The number of carbonyl (C=O) groups excluding carboxylic acids is 1. The fraction of sp³-hybridized carbons (Fsp3) is 0.591. The lowest BCUT2D eigenvalue weighted by Crippen LogP contribution is -2.51. The summed E-state index contributed by atoms with van der Waals surface area (Å²) in [7, 11) is 0. The SMILES string of the molecule is O=C(/C=C/c1ccc2c(c1)CCO2)NCC12CC3CC(CC(C3)C1)C2. The van der Waals surface area contributed by atoms with E-state index >= 15 is 0 Å². The molecule has 1 aromatic carbocycles. The average molecular weight is 337 g/mol. The van der Waals surface area contributed by atoms with Gasteiger partial charge < -0.3 is 10.1 Å². The topological polar surface area (TPSA) is 38.3 Å². The molecule has 4 fully saturated rings. The third-order valence-corrected chi connectivity index (χ3v) is 6.94. The Kier molecular flexibility index (Phi) is 3.65. The standard InChI is InChI=1S/C22H27NO2/c24-21(4-2-15-1-3-20-19(10-15)5-6-25-20)23-14-22-11-16-7-17(12-22)9-18(8-16)13-22/h1-4,10,16-18H,5-9,11-14H2,(H,23,24)/b4-2+. The maximum absolute atomic E-state index is 12.3. The third kappa shape index (κ3) is 2.98. The van der Waals surface area contributed by atoms with Gasteiger partial charge in [0.25, 0.3) is 0 Å². The highest BCUT2D eigenvalue weighted by Crippen LogP contribution is 2.59. The second-order valence-electron chi connectivity index (χ2n) is 8.93. The molecular formula is C22H27NO2. The summed E-state index contributed by atoms with van der Waals surface area (Å²) in [5.41, 5.74) is 2.73. The summed E-state index contributed by atoms with van der Waals surface area (Å²) in [4.78, 5) is 12.3. The van der Waals surface area contributed by atoms with Gasteiger partial charge in [0.2, 0.25) is 5.91 Å². The Hall–Kier alpha value is -1.77. The summed E-state index contributed by atoms with van der Waals surface area (Å²) >= 11 is 0. The summed E-state index contributed by atoms with van der Waals surface area (Å²) in [5, 5.41) is 3.21. The second-order valence-corrected chi connectivity index (χ2v) is 8.93. The quantitative estimate of drug-likeness (QED) is 0.844. The summed E-state index contributed by atoms with van der Waals surface area (Å²) in [5.74, 6) is 3.85. The predicted octanol–water partition coefficient (Wildman–Crippen LogP) is 3.97. The molecule has 0 aromatic heterocycles. The monoisotopic (exact) mass is 337 g/mol. The van der Waals surface area contributed by atoms with Crippen molar-refractivity contribution in [2.24, 2.45) is 23.2 Å². The highest BCUT2D eigenvalue weighted by molar-refractivity contribution is 5.91. The van der Waals surface area contributed by atoms with E-state index in [4.69, 9.17) is 4.74 Å². The van der Waals surface area contributed by atoms with Gasteiger partial charge in [-0.2, -0.15) is 0 Å². The molecule has 1 aromatic rings. The van der Waals surface area contributed by atoms with Crippen LogP contribution in [0.2, 0.25) is 0 Å². The fourth-order valence-corrected chi connectivity index (χ4v) is 6.32. The Morgan fingerprint density at radius 2 is 1.88 bits per heavy atom. The van der Waals surface area contributed by atoms with Gasteiger partial charge in [-0.05, 0) is 91.0 Å². The maximum Gasteiger partial charge on any atom is 0.244 e. The van der Waals surface area contributed by atoms with Gasteiger partial charge in [0, 0.05) is 19.0 Å². The molecule has 6 rings (SSSR count). The van der Waals surface area contributed by atoms with Gasteiger partial charge in [0.15, 0.2) is 0 Å². The van der Waals surface area contributed by atoms with Crippen LogP contribution >= 0.6 is 0 Å². The summed E-state index contributed by atoms with van der Waals surface area (Å²) in [6, 6.07) is 6.16. The maximum atomic E-state index is 12.3. The zero-order valence-corrected chi connectivity index (χ0v) is 14.8. The zero-order chi connectivity index (χ0) is 16.9. The Morgan fingerprint density at radius 1 is 1.16 bits per heavy atom. The van der Waals surface area contributed by atoms with Crippen molar-refractivity contribution in [1.82, 2.24) is 5.32 Å². The zero-order valence-electron chi connectivity index (χ0n) is 14.8. The number of hydrogen-bond donors (Lipinski definition) is 1. The van der Waals surface area contributed by atoms with Crippen molar-refractivity contribution in [3.8, 4) is 5.75 Å². The molecule has 4 bridgehead atoms. The molecule has 1 N–H and O–H groups in total. The number of benzene rings is 1. The largest absolute Gasteiger partial charge is 0.493 e. The molecule has 4 aliphatic carbocycles. The van der Waals surface area contributed by atoms with Gasteiger partial charge >= 0.3 is 0 Å². The van der Waals surface area contributed by atoms with Crippen molar-refractivity contribution >= 4 is 12.0 Å². The predicted molar refractivity (Wildman–Crippen MR) is 98.3 cm³/mol. The minimum Gasteiger partial charge on any atom is -0.493 e. The van der Waals surface area contributed by atoms with Crippen LogP contribution in [0.1, 0.15) is 49.7 Å².